The highest BCUT2D eigenvalue weighted by atomic mass is 35.5. The molecule has 0 aliphatic heterocycles. The number of halogens is 1. The van der Waals surface area contributed by atoms with Gasteiger partial charge in [-0.15, -0.1) is 10.2 Å². The number of rotatable bonds is 11. The number of β-amino-alcohol motifs (C(OH)–C–C–N with tert-alkyl or cyclic N) is 1. The molecular weight excluding hydrogens is 386 g/mol. The molecule has 1 aromatic heterocycles. The standard InChI is InChI=1S/C18H26ClN5O4/c1-18(2,11-28-17-7-6-16(22-20)23-24-17)21-9-12(25)10-27-15-8-13(26-3)4-5-14(15)19/h4-8,12,21,25H,9-11,20H2,1-3H3,(H,22,23). The van der Waals surface area contributed by atoms with Gasteiger partial charge in [-0.3, -0.25) is 0 Å². The van der Waals surface area contributed by atoms with Crippen molar-refractivity contribution in [3.8, 4) is 17.4 Å². The lowest BCUT2D eigenvalue weighted by atomic mass is 10.1. The number of nitrogen functional groups attached to an aromatic ring is 1. The van der Waals surface area contributed by atoms with Gasteiger partial charge >= 0.3 is 0 Å². The van der Waals surface area contributed by atoms with E-state index in [0.717, 1.165) is 0 Å². The fourth-order valence-electron chi connectivity index (χ4n) is 2.14. The highest BCUT2D eigenvalue weighted by molar-refractivity contribution is 6.32. The molecule has 154 valence electrons. The molecule has 0 radical (unpaired) electrons. The van der Waals surface area contributed by atoms with Crippen LogP contribution in [0.5, 0.6) is 17.4 Å². The summed E-state index contributed by atoms with van der Waals surface area (Å²) in [6.07, 6.45) is -0.740. The van der Waals surface area contributed by atoms with Crippen LogP contribution < -0.4 is 30.8 Å². The van der Waals surface area contributed by atoms with Crippen molar-refractivity contribution >= 4 is 17.4 Å². The van der Waals surface area contributed by atoms with Crippen molar-refractivity contribution in [3.63, 3.8) is 0 Å². The smallest absolute Gasteiger partial charge is 0.233 e. The Bertz CT molecular complexity index is 745. The summed E-state index contributed by atoms with van der Waals surface area (Å²) in [5.74, 6) is 7.16. The molecule has 2 aromatic rings. The number of nitrogens with one attached hydrogen (secondary N) is 2. The van der Waals surface area contributed by atoms with Crippen LogP contribution in [0.4, 0.5) is 5.82 Å². The molecule has 1 unspecified atom stereocenters. The number of nitrogens with two attached hydrogens (primary N) is 1. The zero-order valence-corrected chi connectivity index (χ0v) is 16.9. The molecule has 0 bridgehead atoms. The number of ether oxygens (including phenoxy) is 3. The minimum atomic E-state index is -0.740. The van der Waals surface area contributed by atoms with Crippen molar-refractivity contribution in [3.05, 3.63) is 35.4 Å². The van der Waals surface area contributed by atoms with Gasteiger partial charge in [0.25, 0.3) is 0 Å². The van der Waals surface area contributed by atoms with Gasteiger partial charge in [0.2, 0.25) is 5.88 Å². The summed E-state index contributed by atoms with van der Waals surface area (Å²) in [5, 5.41) is 21.6. The number of methoxy groups -OCH3 is 1. The average Bonchev–Trinajstić information content (AvgIpc) is 2.70. The molecular formula is C18H26ClN5O4. The topological polar surface area (TPSA) is 124 Å². The minimum Gasteiger partial charge on any atom is -0.497 e. The van der Waals surface area contributed by atoms with E-state index >= 15 is 0 Å². The lowest BCUT2D eigenvalue weighted by molar-refractivity contribution is 0.0922. The molecule has 0 aliphatic carbocycles. The third-order valence-corrected chi connectivity index (χ3v) is 4.07. The van der Waals surface area contributed by atoms with Crippen molar-refractivity contribution in [2.24, 2.45) is 5.84 Å². The van der Waals surface area contributed by atoms with Gasteiger partial charge in [0, 0.05) is 24.2 Å². The van der Waals surface area contributed by atoms with Crippen molar-refractivity contribution < 1.29 is 19.3 Å². The van der Waals surface area contributed by atoms with E-state index in [1.165, 1.54) is 0 Å². The van der Waals surface area contributed by atoms with E-state index in [9.17, 15) is 5.11 Å². The number of nitrogens with zero attached hydrogens (tertiary/aromatic N) is 2. The molecule has 0 saturated carbocycles. The molecule has 1 heterocycles. The molecule has 2 rings (SSSR count). The van der Waals surface area contributed by atoms with Crippen LogP contribution in [0, 0.1) is 0 Å². The van der Waals surface area contributed by atoms with Crippen LogP contribution in [-0.4, -0.2) is 53.8 Å². The molecule has 0 spiro atoms. The second kappa shape index (κ2) is 10.3. The van der Waals surface area contributed by atoms with Crippen LogP contribution >= 0.6 is 11.6 Å². The highest BCUT2D eigenvalue weighted by Gasteiger charge is 2.20. The number of hydrazine groups is 1. The molecule has 0 amide bonds. The van der Waals surface area contributed by atoms with Crippen LogP contribution in [0.3, 0.4) is 0 Å². The zero-order valence-electron chi connectivity index (χ0n) is 16.1. The Morgan fingerprint density at radius 1 is 1.21 bits per heavy atom. The first-order valence-corrected chi connectivity index (χ1v) is 9.03. The fourth-order valence-corrected chi connectivity index (χ4v) is 2.31. The van der Waals surface area contributed by atoms with Gasteiger partial charge in [-0.1, -0.05) is 11.6 Å². The fraction of sp³-hybridized carbons (Fsp3) is 0.444. The van der Waals surface area contributed by atoms with Crippen LogP contribution in [0.15, 0.2) is 30.3 Å². The van der Waals surface area contributed by atoms with Gasteiger partial charge in [-0.05, 0) is 32.0 Å². The number of aliphatic hydroxyl groups is 1. The van der Waals surface area contributed by atoms with Gasteiger partial charge in [-0.2, -0.15) is 0 Å². The predicted octanol–water partition coefficient (Wildman–Crippen LogP) is 1.61. The number of hydrogen-bond donors (Lipinski definition) is 4. The Kier molecular flexibility index (Phi) is 8.06. The SMILES string of the molecule is COc1ccc(Cl)c(OCC(O)CNC(C)(C)COc2ccc(NN)nn2)c1. The molecule has 0 saturated heterocycles. The largest absolute Gasteiger partial charge is 0.497 e. The van der Waals surface area contributed by atoms with Gasteiger partial charge in [0.15, 0.2) is 5.82 Å². The Hall–Kier alpha value is -2.33. The molecule has 1 atom stereocenters. The normalized spacial score (nSPS) is 12.4. The van der Waals surface area contributed by atoms with E-state index in [0.29, 0.717) is 41.4 Å². The monoisotopic (exact) mass is 411 g/mol. The Labute approximate surface area is 169 Å². The molecule has 1 aromatic carbocycles. The Morgan fingerprint density at radius 2 is 2.00 bits per heavy atom. The van der Waals surface area contributed by atoms with E-state index in [2.05, 4.69) is 20.9 Å². The Balaban J connectivity index is 1.76. The van der Waals surface area contributed by atoms with Crippen LogP contribution in [0.2, 0.25) is 5.02 Å². The van der Waals surface area contributed by atoms with Crippen LogP contribution in [0.1, 0.15) is 13.8 Å². The summed E-state index contributed by atoms with van der Waals surface area (Å²) in [6, 6.07) is 8.42. The van der Waals surface area contributed by atoms with E-state index in [1.54, 1.807) is 37.4 Å². The maximum atomic E-state index is 10.2. The predicted molar refractivity (Wildman–Crippen MR) is 107 cm³/mol. The zero-order chi connectivity index (χ0) is 20.6. The number of anilines is 1. The van der Waals surface area contributed by atoms with Gasteiger partial charge in [0.1, 0.15) is 30.8 Å². The van der Waals surface area contributed by atoms with Crippen molar-refractivity contribution in [2.45, 2.75) is 25.5 Å². The van der Waals surface area contributed by atoms with Crippen LogP contribution in [0.25, 0.3) is 0 Å². The first-order chi connectivity index (χ1) is 13.3. The molecule has 0 aliphatic rings. The van der Waals surface area contributed by atoms with Gasteiger partial charge in [-0.25, -0.2) is 5.84 Å². The van der Waals surface area contributed by atoms with Gasteiger partial charge in [0.05, 0.1) is 12.1 Å². The quantitative estimate of drug-likeness (QED) is 0.322. The lowest BCUT2D eigenvalue weighted by Crippen LogP contribution is -2.48. The number of aliphatic hydroxyl groups excluding tert-OH is 1. The average molecular weight is 412 g/mol. The van der Waals surface area contributed by atoms with Crippen molar-refractivity contribution in [1.82, 2.24) is 15.5 Å². The first-order valence-electron chi connectivity index (χ1n) is 8.65. The van der Waals surface area contributed by atoms with Crippen molar-refractivity contribution in [2.75, 3.05) is 32.3 Å². The second-order valence-electron chi connectivity index (χ2n) is 6.72. The second-order valence-corrected chi connectivity index (χ2v) is 7.12. The summed E-state index contributed by atoms with van der Waals surface area (Å²) < 4.78 is 16.4. The van der Waals surface area contributed by atoms with Gasteiger partial charge < -0.3 is 30.1 Å². The molecule has 9 nitrogen and oxygen atoms in total. The van der Waals surface area contributed by atoms with E-state index in [1.807, 2.05) is 13.8 Å². The maximum Gasteiger partial charge on any atom is 0.233 e. The number of benzene rings is 1. The molecule has 28 heavy (non-hydrogen) atoms. The minimum absolute atomic E-state index is 0.0792. The van der Waals surface area contributed by atoms with Crippen molar-refractivity contribution in [1.29, 1.82) is 0 Å². The lowest BCUT2D eigenvalue weighted by Gasteiger charge is -2.27. The van der Waals surface area contributed by atoms with E-state index in [-0.39, 0.29) is 6.61 Å². The summed E-state index contributed by atoms with van der Waals surface area (Å²) in [5.41, 5.74) is 1.98. The number of aromatic nitrogens is 2. The Morgan fingerprint density at radius 3 is 2.64 bits per heavy atom. The summed E-state index contributed by atoms with van der Waals surface area (Å²) >= 11 is 6.09. The highest BCUT2D eigenvalue weighted by Crippen LogP contribution is 2.28. The van der Waals surface area contributed by atoms with E-state index in [4.69, 9.17) is 31.7 Å². The summed E-state index contributed by atoms with van der Waals surface area (Å²) in [6.45, 7) is 4.60. The third kappa shape index (κ3) is 7.01. The number of hydrogen-bond acceptors (Lipinski definition) is 9. The first kappa shape index (κ1) is 22.0. The van der Waals surface area contributed by atoms with Crippen LogP contribution in [-0.2, 0) is 0 Å². The summed E-state index contributed by atoms with van der Waals surface area (Å²) in [7, 11) is 1.56. The van der Waals surface area contributed by atoms with E-state index < -0.39 is 11.6 Å². The third-order valence-electron chi connectivity index (χ3n) is 3.75. The summed E-state index contributed by atoms with van der Waals surface area (Å²) in [4.78, 5) is 0. The molecule has 10 heteroatoms. The maximum absolute atomic E-state index is 10.2. The molecule has 5 N–H and O–H groups in total. The molecule has 0 fully saturated rings.